The quantitative estimate of drug-likeness (QED) is 0.570. The van der Waals surface area contributed by atoms with Crippen LogP contribution in [0.4, 0.5) is 5.69 Å². The van der Waals surface area contributed by atoms with Gasteiger partial charge in [0.15, 0.2) is 0 Å². The first kappa shape index (κ1) is 23.5. The Morgan fingerprint density at radius 3 is 2.37 bits per heavy atom. The fourth-order valence-electron chi connectivity index (χ4n) is 5.93. The lowest BCUT2D eigenvalue weighted by molar-refractivity contribution is -0.151. The van der Waals surface area contributed by atoms with Crippen molar-refractivity contribution >= 4 is 23.5 Å². The molecule has 0 radical (unpaired) electrons. The largest absolute Gasteiger partial charge is 0.466 e. The Morgan fingerprint density at radius 1 is 1.00 bits per heavy atom. The van der Waals surface area contributed by atoms with Crippen molar-refractivity contribution in [1.82, 2.24) is 4.90 Å². The van der Waals surface area contributed by atoms with E-state index in [1.807, 2.05) is 54.6 Å². The normalized spacial score (nSPS) is 25.6. The summed E-state index contributed by atoms with van der Waals surface area (Å²) in [4.78, 5) is 45.1. The molecule has 1 saturated carbocycles. The number of anilines is 1. The van der Waals surface area contributed by atoms with Crippen LogP contribution in [-0.4, -0.2) is 55.6 Å². The van der Waals surface area contributed by atoms with Gasteiger partial charge in [-0.3, -0.25) is 14.4 Å². The summed E-state index contributed by atoms with van der Waals surface area (Å²) in [6, 6.07) is 16.0. The van der Waals surface area contributed by atoms with Crippen molar-refractivity contribution < 1.29 is 23.9 Å². The third-order valence-corrected chi connectivity index (χ3v) is 7.70. The predicted molar refractivity (Wildman–Crippen MR) is 131 cm³/mol. The number of benzene rings is 2. The maximum Gasteiger partial charge on any atom is 0.312 e. The molecule has 2 aromatic rings. The second-order valence-electron chi connectivity index (χ2n) is 9.52. The van der Waals surface area contributed by atoms with E-state index in [2.05, 4.69) is 0 Å². The molecule has 7 heteroatoms. The maximum absolute atomic E-state index is 14.1. The van der Waals surface area contributed by atoms with Gasteiger partial charge in [0, 0.05) is 31.2 Å². The van der Waals surface area contributed by atoms with Crippen molar-refractivity contribution in [3.63, 3.8) is 0 Å². The number of rotatable bonds is 7. The van der Waals surface area contributed by atoms with Gasteiger partial charge in [0.1, 0.15) is 6.04 Å². The van der Waals surface area contributed by atoms with E-state index in [9.17, 15) is 14.4 Å². The zero-order valence-electron chi connectivity index (χ0n) is 20.3. The predicted octanol–water partition coefficient (Wildman–Crippen LogP) is 3.69. The van der Waals surface area contributed by atoms with Gasteiger partial charge in [0.25, 0.3) is 5.91 Å². The van der Waals surface area contributed by atoms with E-state index in [0.29, 0.717) is 13.2 Å². The first-order chi connectivity index (χ1) is 17.1. The molecule has 2 aromatic carbocycles. The monoisotopic (exact) mass is 476 g/mol. The smallest absolute Gasteiger partial charge is 0.312 e. The third kappa shape index (κ3) is 3.92. The summed E-state index contributed by atoms with van der Waals surface area (Å²) in [6.07, 6.45) is 2.64. The molecule has 184 valence electrons. The van der Waals surface area contributed by atoms with Gasteiger partial charge in [-0.1, -0.05) is 55.0 Å². The average molecular weight is 477 g/mol. The van der Waals surface area contributed by atoms with Crippen molar-refractivity contribution in [1.29, 1.82) is 0 Å². The number of fused-ring (bicyclic) bond motifs is 3. The molecule has 2 amide bonds. The van der Waals surface area contributed by atoms with Gasteiger partial charge >= 0.3 is 5.97 Å². The number of para-hydroxylation sites is 1. The molecular weight excluding hydrogens is 444 g/mol. The molecule has 1 aliphatic carbocycles. The summed E-state index contributed by atoms with van der Waals surface area (Å²) < 4.78 is 10.9. The van der Waals surface area contributed by atoms with E-state index in [1.54, 1.807) is 23.8 Å². The van der Waals surface area contributed by atoms with Gasteiger partial charge in [0.2, 0.25) is 5.91 Å². The first-order valence-electron chi connectivity index (χ1n) is 12.5. The van der Waals surface area contributed by atoms with Crippen LogP contribution in [0.1, 0.15) is 49.3 Å². The Balaban J connectivity index is 1.71. The zero-order valence-corrected chi connectivity index (χ0v) is 20.3. The molecule has 0 N–H and O–H groups in total. The molecule has 0 unspecified atom stereocenters. The molecule has 35 heavy (non-hydrogen) atoms. The minimum absolute atomic E-state index is 0.0358. The molecule has 3 aliphatic rings. The lowest BCUT2D eigenvalue weighted by Gasteiger charge is -2.41. The van der Waals surface area contributed by atoms with E-state index in [1.165, 1.54) is 0 Å². The Morgan fingerprint density at radius 2 is 1.71 bits per heavy atom. The van der Waals surface area contributed by atoms with Gasteiger partial charge in [-0.15, -0.1) is 0 Å². The highest BCUT2D eigenvalue weighted by atomic mass is 16.5. The Kier molecular flexibility index (Phi) is 6.60. The first-order valence-corrected chi connectivity index (χ1v) is 12.5. The average Bonchev–Trinajstić information content (AvgIpc) is 3.20. The van der Waals surface area contributed by atoms with Crippen LogP contribution in [0.2, 0.25) is 0 Å². The van der Waals surface area contributed by atoms with Crippen molar-refractivity contribution in [3.8, 4) is 0 Å². The topological polar surface area (TPSA) is 76.2 Å². The molecule has 7 nitrogen and oxygen atoms in total. The van der Waals surface area contributed by atoms with Crippen molar-refractivity contribution in [3.05, 3.63) is 65.7 Å². The zero-order chi connectivity index (χ0) is 24.5. The summed E-state index contributed by atoms with van der Waals surface area (Å²) in [5.74, 6) is -1.84. The number of carbonyl (C=O) groups excluding carboxylic acids is 3. The lowest BCUT2D eigenvalue weighted by Crippen LogP contribution is -2.55. The molecular formula is C28H32N2O5. The minimum Gasteiger partial charge on any atom is -0.466 e. The number of methoxy groups -OCH3 is 1. The molecule has 0 aromatic heterocycles. The molecule has 0 spiro atoms. The van der Waals surface area contributed by atoms with E-state index in [-0.39, 0.29) is 30.3 Å². The number of likely N-dealkylation sites (tertiary alicyclic amines) is 1. The Labute approximate surface area is 206 Å². The van der Waals surface area contributed by atoms with Gasteiger partial charge in [-0.05, 0) is 37.0 Å². The number of carbonyl (C=O) groups is 3. The second-order valence-corrected chi connectivity index (χ2v) is 9.52. The van der Waals surface area contributed by atoms with E-state index >= 15 is 0 Å². The van der Waals surface area contributed by atoms with Crippen molar-refractivity contribution in [2.24, 2.45) is 11.8 Å². The number of hydrogen-bond acceptors (Lipinski definition) is 5. The minimum atomic E-state index is -0.769. The number of hydrogen-bond donors (Lipinski definition) is 0. The van der Waals surface area contributed by atoms with Crippen LogP contribution in [0.5, 0.6) is 0 Å². The number of amides is 2. The molecule has 2 aliphatic heterocycles. The Hall–Kier alpha value is -3.19. The van der Waals surface area contributed by atoms with Crippen molar-refractivity contribution in [2.45, 2.75) is 44.2 Å². The van der Waals surface area contributed by atoms with Crippen molar-refractivity contribution in [2.75, 3.05) is 31.8 Å². The second kappa shape index (κ2) is 9.82. The number of nitrogens with zero attached hydrogens (tertiary/aromatic N) is 2. The highest BCUT2D eigenvalue weighted by Gasteiger charge is 2.61. The number of ether oxygens (including phenoxy) is 2. The van der Waals surface area contributed by atoms with Crippen LogP contribution in [-0.2, 0) is 23.9 Å². The molecule has 5 rings (SSSR count). The van der Waals surface area contributed by atoms with Gasteiger partial charge in [0.05, 0.1) is 25.2 Å². The Bertz CT molecular complexity index is 1100. The molecule has 2 heterocycles. The van der Waals surface area contributed by atoms with Gasteiger partial charge in [-0.2, -0.15) is 0 Å². The summed E-state index contributed by atoms with van der Waals surface area (Å²) in [5, 5.41) is 0. The van der Waals surface area contributed by atoms with Crippen LogP contribution in [0.25, 0.3) is 0 Å². The summed E-state index contributed by atoms with van der Waals surface area (Å²) in [6.45, 7) is 2.77. The van der Waals surface area contributed by atoms with Crippen LogP contribution in [0, 0.1) is 11.8 Å². The fourth-order valence-corrected chi connectivity index (χ4v) is 5.93. The summed E-state index contributed by atoms with van der Waals surface area (Å²) in [7, 11) is 1.60. The lowest BCUT2D eigenvalue weighted by atomic mass is 9.77. The van der Waals surface area contributed by atoms with Crippen LogP contribution in [0.15, 0.2) is 54.6 Å². The number of esters is 1. The SMILES string of the molecule is CCOC(=O)[C@@H]1[C@H]2c3ccccc3N(CCOC)C(=O)[C@H]2N(C(=O)C2CCC2)[C@@H]1c1ccccc1. The fraction of sp³-hybridized carbons (Fsp3) is 0.464. The standard InChI is InChI=1S/C28H32N2O5/c1-3-35-28(33)23-22-20-14-7-8-15-21(20)29(16-17-34-2)27(32)25(22)30(26(31)19-12-9-13-19)24(23)18-10-5-4-6-11-18/h4-8,10-11,14-15,19,22-25H,3,9,12-13,16-17H2,1-2H3/t22-,23-,24-,25+/m1/s1. The highest BCUT2D eigenvalue weighted by molar-refractivity contribution is 6.05. The van der Waals surface area contributed by atoms with E-state index < -0.39 is 23.9 Å². The maximum atomic E-state index is 14.1. The molecule has 4 atom stereocenters. The molecule has 2 fully saturated rings. The third-order valence-electron chi connectivity index (χ3n) is 7.70. The van der Waals surface area contributed by atoms with Crippen LogP contribution in [0.3, 0.4) is 0 Å². The van der Waals surface area contributed by atoms with E-state index in [0.717, 1.165) is 36.1 Å². The summed E-state index contributed by atoms with van der Waals surface area (Å²) in [5.41, 5.74) is 2.52. The summed E-state index contributed by atoms with van der Waals surface area (Å²) >= 11 is 0. The highest BCUT2D eigenvalue weighted by Crippen LogP contribution is 2.55. The van der Waals surface area contributed by atoms with Crippen LogP contribution < -0.4 is 4.90 Å². The van der Waals surface area contributed by atoms with Crippen LogP contribution >= 0.6 is 0 Å². The van der Waals surface area contributed by atoms with Gasteiger partial charge in [-0.25, -0.2) is 0 Å². The van der Waals surface area contributed by atoms with Gasteiger partial charge < -0.3 is 19.3 Å². The molecule has 1 saturated heterocycles. The molecule has 0 bridgehead atoms. The van der Waals surface area contributed by atoms with E-state index in [4.69, 9.17) is 9.47 Å².